The van der Waals surface area contributed by atoms with Crippen molar-refractivity contribution in [2.75, 3.05) is 13.2 Å². The largest absolute Gasteiger partial charge is 0.375 e. The van der Waals surface area contributed by atoms with Gasteiger partial charge in [0.25, 0.3) is 6.43 Å². The number of H-pyrrole nitrogens is 1. The van der Waals surface area contributed by atoms with Crippen LogP contribution in [0.4, 0.5) is 8.78 Å². The van der Waals surface area contributed by atoms with Gasteiger partial charge >= 0.3 is 0 Å². The van der Waals surface area contributed by atoms with Gasteiger partial charge in [0.1, 0.15) is 17.1 Å². The number of nitrogens with zero attached hydrogens (tertiary/aromatic N) is 1. The van der Waals surface area contributed by atoms with E-state index in [1.165, 1.54) is 0 Å². The van der Waals surface area contributed by atoms with Crippen LogP contribution in [0.3, 0.4) is 0 Å². The van der Waals surface area contributed by atoms with Crippen molar-refractivity contribution in [1.29, 1.82) is 0 Å². The van der Waals surface area contributed by atoms with Gasteiger partial charge in [0, 0.05) is 12.6 Å². The summed E-state index contributed by atoms with van der Waals surface area (Å²) in [5.74, 6) is 0.623. The van der Waals surface area contributed by atoms with Crippen LogP contribution in [0.5, 0.6) is 0 Å². The van der Waals surface area contributed by atoms with Gasteiger partial charge in [-0.05, 0) is 15.9 Å². The van der Waals surface area contributed by atoms with Gasteiger partial charge in [0.15, 0.2) is 0 Å². The molecule has 0 aliphatic heterocycles. The van der Waals surface area contributed by atoms with Gasteiger partial charge < -0.3 is 9.72 Å². The molecule has 0 aromatic carbocycles. The number of hydrogen-bond acceptors (Lipinski definition) is 3. The summed E-state index contributed by atoms with van der Waals surface area (Å²) in [6.07, 6.45) is -0.424. The Bertz CT molecular complexity index is 372. The van der Waals surface area contributed by atoms with Crippen molar-refractivity contribution < 1.29 is 13.5 Å². The molecule has 0 spiro atoms. The fraction of sp³-hybridized carbons (Fsp3) is 0.500. The molecule has 1 heterocycles. The highest BCUT2D eigenvalue weighted by molar-refractivity contribution is 9.10. The maximum Gasteiger partial charge on any atom is 0.261 e. The number of ether oxygens (including phenoxy) is 1. The van der Waals surface area contributed by atoms with E-state index in [0.29, 0.717) is 21.4 Å². The molecule has 0 saturated carbocycles. The summed E-state index contributed by atoms with van der Waals surface area (Å²) in [7, 11) is 0. The Kier molecular flexibility index (Phi) is 5.27. The lowest BCUT2D eigenvalue weighted by molar-refractivity contribution is 0.0183. The Morgan fingerprint density at radius 2 is 2.33 bits per heavy atom. The first-order chi connectivity index (χ1) is 7.09. The second-order valence-electron chi connectivity index (χ2n) is 2.72. The van der Waals surface area contributed by atoms with Crippen LogP contribution in [0.15, 0.2) is 10.7 Å². The van der Waals surface area contributed by atoms with E-state index in [4.69, 9.17) is 17.0 Å². The Morgan fingerprint density at radius 3 is 2.93 bits per heavy atom. The second-order valence-corrected chi connectivity index (χ2v) is 3.99. The molecule has 15 heavy (non-hydrogen) atoms. The molecular weight excluding hydrogens is 290 g/mol. The van der Waals surface area contributed by atoms with Crippen LogP contribution in [-0.4, -0.2) is 29.6 Å². The van der Waals surface area contributed by atoms with Gasteiger partial charge in [-0.15, -0.1) is 0 Å². The van der Waals surface area contributed by atoms with Gasteiger partial charge in [0.2, 0.25) is 0 Å². The Hall–Kier alpha value is -0.400. The lowest BCUT2D eigenvalue weighted by Crippen LogP contribution is -2.08. The van der Waals surface area contributed by atoms with E-state index in [1.807, 2.05) is 0 Å². The summed E-state index contributed by atoms with van der Waals surface area (Å²) < 4.78 is 29.4. The maximum atomic E-state index is 11.7. The molecule has 0 amide bonds. The standard InChI is InChI=1S/C8H9BrF2N2OS/c9-5-3-12-7(13-8(5)15)1-2-14-4-6(10)11/h3,6H,1-2,4H2,(H,12,13,15). The van der Waals surface area contributed by atoms with Crippen LogP contribution in [-0.2, 0) is 11.2 Å². The fourth-order valence-electron chi connectivity index (χ4n) is 0.885. The van der Waals surface area contributed by atoms with E-state index in [2.05, 4.69) is 25.9 Å². The van der Waals surface area contributed by atoms with Crippen molar-refractivity contribution in [3.63, 3.8) is 0 Å². The molecule has 1 aromatic rings. The SMILES string of the molecule is FC(F)COCCc1ncc(Br)c(=S)[nH]1. The summed E-state index contributed by atoms with van der Waals surface area (Å²) in [6.45, 7) is -0.346. The summed E-state index contributed by atoms with van der Waals surface area (Å²) in [5.41, 5.74) is 0. The number of nitrogens with one attached hydrogen (secondary N) is 1. The van der Waals surface area contributed by atoms with Crippen LogP contribution >= 0.6 is 28.1 Å². The molecule has 0 saturated heterocycles. The van der Waals surface area contributed by atoms with E-state index in [0.717, 1.165) is 0 Å². The summed E-state index contributed by atoms with van der Waals surface area (Å²) in [5, 5.41) is 0. The molecule has 0 aliphatic carbocycles. The minimum absolute atomic E-state index is 0.199. The number of aromatic amines is 1. The van der Waals surface area contributed by atoms with Gasteiger partial charge in [-0.25, -0.2) is 13.8 Å². The van der Waals surface area contributed by atoms with E-state index in [1.54, 1.807) is 6.20 Å². The van der Waals surface area contributed by atoms with Crippen LogP contribution in [0.1, 0.15) is 5.82 Å². The molecule has 0 radical (unpaired) electrons. The minimum atomic E-state index is -2.43. The normalized spacial score (nSPS) is 10.9. The molecule has 0 fully saturated rings. The average molecular weight is 299 g/mol. The number of halogens is 3. The Labute approximate surface area is 99.0 Å². The zero-order chi connectivity index (χ0) is 11.3. The molecule has 7 heteroatoms. The molecule has 1 aromatic heterocycles. The quantitative estimate of drug-likeness (QED) is 0.671. The molecular formula is C8H9BrF2N2OS. The van der Waals surface area contributed by atoms with Gasteiger partial charge in [0.05, 0.1) is 11.1 Å². The predicted molar refractivity (Wildman–Crippen MR) is 57.6 cm³/mol. The van der Waals surface area contributed by atoms with Crippen molar-refractivity contribution >= 4 is 28.1 Å². The van der Waals surface area contributed by atoms with Crippen molar-refractivity contribution in [3.05, 3.63) is 21.1 Å². The van der Waals surface area contributed by atoms with Crippen LogP contribution in [0.25, 0.3) is 0 Å². The van der Waals surface area contributed by atoms with Gasteiger partial charge in [-0.1, -0.05) is 12.2 Å². The molecule has 1 N–H and O–H groups in total. The third-order valence-corrected chi connectivity index (χ3v) is 2.72. The summed E-state index contributed by atoms with van der Waals surface area (Å²) in [4.78, 5) is 6.87. The molecule has 0 aliphatic rings. The zero-order valence-corrected chi connectivity index (χ0v) is 10.1. The van der Waals surface area contributed by atoms with Gasteiger partial charge in [-0.3, -0.25) is 0 Å². The summed E-state index contributed by atoms with van der Waals surface area (Å²) >= 11 is 8.16. The number of rotatable bonds is 5. The highest BCUT2D eigenvalue weighted by Gasteiger charge is 2.02. The van der Waals surface area contributed by atoms with E-state index >= 15 is 0 Å². The third-order valence-electron chi connectivity index (χ3n) is 1.54. The predicted octanol–water partition coefficient (Wildman–Crippen LogP) is 2.73. The van der Waals surface area contributed by atoms with E-state index in [-0.39, 0.29) is 6.61 Å². The smallest absolute Gasteiger partial charge is 0.261 e. The summed E-state index contributed by atoms with van der Waals surface area (Å²) in [6, 6.07) is 0. The molecule has 0 unspecified atom stereocenters. The topological polar surface area (TPSA) is 37.9 Å². The minimum Gasteiger partial charge on any atom is -0.375 e. The van der Waals surface area contributed by atoms with Crippen molar-refractivity contribution in [3.8, 4) is 0 Å². The van der Waals surface area contributed by atoms with Gasteiger partial charge in [-0.2, -0.15) is 0 Å². The number of alkyl halides is 2. The van der Waals surface area contributed by atoms with Crippen LogP contribution in [0, 0.1) is 4.64 Å². The highest BCUT2D eigenvalue weighted by atomic mass is 79.9. The first kappa shape index (κ1) is 12.7. The lowest BCUT2D eigenvalue weighted by Gasteiger charge is -2.03. The molecule has 0 bridgehead atoms. The average Bonchev–Trinajstić information content (AvgIpc) is 2.18. The lowest BCUT2D eigenvalue weighted by atomic mass is 10.4. The van der Waals surface area contributed by atoms with Crippen LogP contribution < -0.4 is 0 Å². The van der Waals surface area contributed by atoms with E-state index in [9.17, 15) is 8.78 Å². The van der Waals surface area contributed by atoms with Crippen molar-refractivity contribution in [2.24, 2.45) is 0 Å². The fourth-order valence-corrected chi connectivity index (χ4v) is 1.26. The Balaban J connectivity index is 2.38. The molecule has 1 rings (SSSR count). The number of aromatic nitrogens is 2. The van der Waals surface area contributed by atoms with E-state index < -0.39 is 13.0 Å². The molecule has 0 atom stereocenters. The monoisotopic (exact) mass is 298 g/mol. The zero-order valence-electron chi connectivity index (χ0n) is 7.67. The first-order valence-electron chi connectivity index (χ1n) is 4.19. The van der Waals surface area contributed by atoms with Crippen molar-refractivity contribution in [2.45, 2.75) is 12.8 Å². The molecule has 84 valence electrons. The van der Waals surface area contributed by atoms with Crippen LogP contribution in [0.2, 0.25) is 0 Å². The molecule has 3 nitrogen and oxygen atoms in total. The highest BCUT2D eigenvalue weighted by Crippen LogP contribution is 2.08. The number of hydrogen-bond donors (Lipinski definition) is 1. The maximum absolute atomic E-state index is 11.7. The first-order valence-corrected chi connectivity index (χ1v) is 5.39. The second kappa shape index (κ2) is 6.24. The third kappa shape index (κ3) is 4.76. The Morgan fingerprint density at radius 1 is 1.60 bits per heavy atom. The van der Waals surface area contributed by atoms with Crippen molar-refractivity contribution in [1.82, 2.24) is 9.97 Å².